The summed E-state index contributed by atoms with van der Waals surface area (Å²) in [6.45, 7) is 2.65. The Bertz CT molecular complexity index is 2820. The third-order valence-electron chi connectivity index (χ3n) is 9.66. The largest absolute Gasteiger partial charge is 0.494 e. The van der Waals surface area contributed by atoms with Crippen molar-refractivity contribution in [3.8, 4) is 28.3 Å². The number of ether oxygens (including phenoxy) is 1. The quantitative estimate of drug-likeness (QED) is 0.184. The molecule has 3 aromatic heterocycles. The fourth-order valence-corrected chi connectivity index (χ4v) is 8.70. The summed E-state index contributed by atoms with van der Waals surface area (Å²) in [7, 11) is 0. The van der Waals surface area contributed by atoms with Gasteiger partial charge in [0.05, 0.1) is 34.4 Å². The first-order chi connectivity index (χ1) is 23.7. The fourth-order valence-electron chi connectivity index (χ4n) is 7.61. The standard InChI is InChI=1S/C44H30N2OS/c1-2-47-32-24-29(23-31(26-32)46-39-15-7-3-11-33(39)34-12-4-8-16-40(34)46)28-19-21-42-37(25-28)35-13-5-9-17-41(35)45(42)30-20-22-44-38(27-30)36-14-6-10-18-43(36)48-44/h3-27H,2H2,1H3. The monoisotopic (exact) mass is 634 g/mol. The molecule has 0 radical (unpaired) electrons. The van der Waals surface area contributed by atoms with Crippen LogP contribution in [-0.2, 0) is 0 Å². The van der Waals surface area contributed by atoms with Gasteiger partial charge in [-0.05, 0) is 84.8 Å². The maximum Gasteiger partial charge on any atom is 0.121 e. The van der Waals surface area contributed by atoms with Crippen LogP contribution in [-0.4, -0.2) is 15.7 Å². The van der Waals surface area contributed by atoms with Crippen LogP contribution in [0.1, 0.15) is 6.92 Å². The fraction of sp³-hybridized carbons (Fsp3) is 0.0455. The van der Waals surface area contributed by atoms with Gasteiger partial charge in [0, 0.05) is 53.5 Å². The maximum atomic E-state index is 6.19. The lowest BCUT2D eigenvalue weighted by Crippen LogP contribution is -1.98. The molecule has 48 heavy (non-hydrogen) atoms. The van der Waals surface area contributed by atoms with Crippen molar-refractivity contribution in [2.24, 2.45) is 0 Å². The highest BCUT2D eigenvalue weighted by Gasteiger charge is 2.17. The molecule has 3 nitrogen and oxygen atoms in total. The molecule has 0 aliphatic carbocycles. The topological polar surface area (TPSA) is 19.1 Å². The van der Waals surface area contributed by atoms with E-state index in [1.54, 1.807) is 0 Å². The van der Waals surface area contributed by atoms with Gasteiger partial charge < -0.3 is 13.9 Å². The van der Waals surface area contributed by atoms with Crippen LogP contribution in [0.15, 0.2) is 152 Å². The normalized spacial score (nSPS) is 11.9. The number of hydrogen-bond donors (Lipinski definition) is 0. The van der Waals surface area contributed by atoms with Gasteiger partial charge in [-0.3, -0.25) is 0 Å². The third kappa shape index (κ3) is 4.06. The Hall–Kier alpha value is -5.84. The predicted molar refractivity (Wildman–Crippen MR) is 205 cm³/mol. The second-order valence-electron chi connectivity index (χ2n) is 12.4. The number of aromatic nitrogens is 2. The number of thiophene rings is 1. The summed E-state index contributed by atoms with van der Waals surface area (Å²) in [6.07, 6.45) is 0. The molecule has 7 aromatic carbocycles. The highest BCUT2D eigenvalue weighted by atomic mass is 32.1. The Morgan fingerprint density at radius 2 is 1.02 bits per heavy atom. The molecule has 3 heterocycles. The van der Waals surface area contributed by atoms with Crippen molar-refractivity contribution in [2.45, 2.75) is 6.92 Å². The Morgan fingerprint density at radius 1 is 0.438 bits per heavy atom. The van der Waals surface area contributed by atoms with Gasteiger partial charge in [-0.15, -0.1) is 11.3 Å². The zero-order valence-corrected chi connectivity index (χ0v) is 27.2. The molecule has 0 fully saturated rings. The SMILES string of the molecule is CCOc1cc(-c2ccc3c(c2)c2ccccc2n3-c2ccc3sc4ccccc4c3c2)cc(-n2c3ccccc3c3ccccc32)c1. The zero-order chi connectivity index (χ0) is 31.8. The second kappa shape index (κ2) is 10.6. The molecule has 0 spiro atoms. The summed E-state index contributed by atoms with van der Waals surface area (Å²) in [5, 5.41) is 7.60. The third-order valence-corrected chi connectivity index (χ3v) is 10.8. The molecule has 10 rings (SSSR count). The minimum absolute atomic E-state index is 0.604. The van der Waals surface area contributed by atoms with Gasteiger partial charge in [-0.25, -0.2) is 0 Å². The van der Waals surface area contributed by atoms with Crippen molar-refractivity contribution < 1.29 is 4.74 Å². The van der Waals surface area contributed by atoms with Crippen LogP contribution in [0.25, 0.3) is 86.3 Å². The summed E-state index contributed by atoms with van der Waals surface area (Å²) in [4.78, 5) is 0. The Balaban J connectivity index is 1.18. The highest BCUT2D eigenvalue weighted by Crippen LogP contribution is 2.40. The number of nitrogens with zero attached hydrogens (tertiary/aromatic N) is 2. The number of rotatable bonds is 5. The van der Waals surface area contributed by atoms with Crippen molar-refractivity contribution in [3.63, 3.8) is 0 Å². The van der Waals surface area contributed by atoms with Crippen LogP contribution in [0, 0.1) is 0 Å². The van der Waals surface area contributed by atoms with Gasteiger partial charge in [0.1, 0.15) is 5.75 Å². The zero-order valence-electron chi connectivity index (χ0n) is 26.4. The molecule has 0 saturated carbocycles. The highest BCUT2D eigenvalue weighted by molar-refractivity contribution is 7.25. The lowest BCUT2D eigenvalue weighted by atomic mass is 10.0. The van der Waals surface area contributed by atoms with Crippen LogP contribution in [0.5, 0.6) is 5.75 Å². The first-order valence-corrected chi connectivity index (χ1v) is 17.3. The van der Waals surface area contributed by atoms with Crippen LogP contribution in [0.4, 0.5) is 0 Å². The summed E-state index contributed by atoms with van der Waals surface area (Å²) in [6, 6.07) is 55.2. The molecule has 10 aromatic rings. The van der Waals surface area contributed by atoms with E-state index in [1.165, 1.54) is 69.5 Å². The first-order valence-electron chi connectivity index (χ1n) is 16.5. The van der Waals surface area contributed by atoms with Gasteiger partial charge in [0.15, 0.2) is 0 Å². The number of hydrogen-bond acceptors (Lipinski definition) is 2. The predicted octanol–water partition coefficient (Wildman–Crippen LogP) is 12.3. The van der Waals surface area contributed by atoms with Gasteiger partial charge in [0.2, 0.25) is 0 Å². The first kappa shape index (κ1) is 27.3. The van der Waals surface area contributed by atoms with Crippen molar-refractivity contribution in [1.29, 1.82) is 0 Å². The molecule has 0 aliphatic heterocycles. The van der Waals surface area contributed by atoms with E-state index in [-0.39, 0.29) is 0 Å². The molecular formula is C44H30N2OS. The van der Waals surface area contributed by atoms with Crippen LogP contribution in [0.3, 0.4) is 0 Å². The average Bonchev–Trinajstić information content (AvgIpc) is 3.79. The molecule has 0 amide bonds. The molecule has 0 aliphatic rings. The molecule has 0 bridgehead atoms. The van der Waals surface area contributed by atoms with Crippen molar-refractivity contribution >= 4 is 75.1 Å². The number of benzene rings is 7. The molecular weight excluding hydrogens is 605 g/mol. The van der Waals surface area contributed by atoms with Gasteiger partial charge in [0.25, 0.3) is 0 Å². The van der Waals surface area contributed by atoms with Gasteiger partial charge in [-0.2, -0.15) is 0 Å². The minimum atomic E-state index is 0.604. The van der Waals surface area contributed by atoms with E-state index in [9.17, 15) is 0 Å². The minimum Gasteiger partial charge on any atom is -0.494 e. The van der Waals surface area contributed by atoms with E-state index in [0.29, 0.717) is 6.61 Å². The van der Waals surface area contributed by atoms with Crippen LogP contribution in [0.2, 0.25) is 0 Å². The van der Waals surface area contributed by atoms with E-state index in [0.717, 1.165) is 22.6 Å². The number of para-hydroxylation sites is 3. The Kier molecular flexibility index (Phi) is 6.02. The van der Waals surface area contributed by atoms with Crippen LogP contribution >= 0.6 is 11.3 Å². The van der Waals surface area contributed by atoms with Crippen molar-refractivity contribution in [1.82, 2.24) is 9.13 Å². The molecule has 0 N–H and O–H groups in total. The van der Waals surface area contributed by atoms with E-state index < -0.39 is 0 Å². The molecule has 0 saturated heterocycles. The van der Waals surface area contributed by atoms with Crippen molar-refractivity contribution in [2.75, 3.05) is 6.61 Å². The van der Waals surface area contributed by atoms with E-state index in [1.807, 2.05) is 18.3 Å². The van der Waals surface area contributed by atoms with Crippen LogP contribution < -0.4 is 4.74 Å². The molecule has 228 valence electrons. The van der Waals surface area contributed by atoms with E-state index >= 15 is 0 Å². The van der Waals surface area contributed by atoms with Crippen molar-refractivity contribution in [3.05, 3.63) is 152 Å². The lowest BCUT2D eigenvalue weighted by Gasteiger charge is -2.14. The summed E-state index contributed by atoms with van der Waals surface area (Å²) in [5.74, 6) is 0.866. The second-order valence-corrected chi connectivity index (χ2v) is 13.5. The molecule has 4 heteroatoms. The average molecular weight is 635 g/mol. The Morgan fingerprint density at radius 3 is 1.73 bits per heavy atom. The molecule has 0 atom stereocenters. The summed E-state index contributed by atoms with van der Waals surface area (Å²) in [5.41, 5.74) is 9.33. The maximum absolute atomic E-state index is 6.19. The van der Waals surface area contributed by atoms with E-state index in [4.69, 9.17) is 4.74 Å². The van der Waals surface area contributed by atoms with Gasteiger partial charge >= 0.3 is 0 Å². The smallest absolute Gasteiger partial charge is 0.121 e. The Labute approximate surface area is 281 Å². The number of fused-ring (bicyclic) bond motifs is 9. The molecule has 0 unspecified atom stereocenters. The lowest BCUT2D eigenvalue weighted by molar-refractivity contribution is 0.340. The van der Waals surface area contributed by atoms with E-state index in [2.05, 4.69) is 161 Å². The summed E-state index contributed by atoms with van der Waals surface area (Å²) < 4.78 is 13.6. The van der Waals surface area contributed by atoms with Gasteiger partial charge in [-0.1, -0.05) is 78.9 Å². The summed E-state index contributed by atoms with van der Waals surface area (Å²) >= 11 is 1.86.